The zero-order valence-electron chi connectivity index (χ0n) is 11.4. The van der Waals surface area contributed by atoms with Crippen molar-refractivity contribution in [3.05, 3.63) is 48.5 Å². The van der Waals surface area contributed by atoms with Crippen molar-refractivity contribution in [2.45, 2.75) is 6.54 Å². The Balaban J connectivity index is 1.59. The smallest absolute Gasteiger partial charge is 0.142 e. The van der Waals surface area contributed by atoms with Crippen molar-refractivity contribution in [3.63, 3.8) is 0 Å². The number of nitrogen functional groups attached to an aromatic ring is 1. The summed E-state index contributed by atoms with van der Waals surface area (Å²) < 4.78 is 0. The first-order chi connectivity index (χ1) is 9.83. The van der Waals surface area contributed by atoms with E-state index >= 15 is 0 Å². The van der Waals surface area contributed by atoms with Gasteiger partial charge in [0, 0.05) is 38.6 Å². The zero-order chi connectivity index (χ0) is 13.8. The highest BCUT2D eigenvalue weighted by Gasteiger charge is 2.18. The molecule has 2 aromatic rings. The average molecular weight is 269 g/mol. The Morgan fingerprint density at radius 3 is 2.35 bits per heavy atom. The van der Waals surface area contributed by atoms with Crippen LogP contribution in [0.15, 0.2) is 42.7 Å². The predicted molar refractivity (Wildman–Crippen MR) is 80.4 cm³/mol. The number of rotatable bonds is 3. The summed E-state index contributed by atoms with van der Waals surface area (Å²) in [6.07, 6.45) is 3.59. The van der Waals surface area contributed by atoms with E-state index < -0.39 is 0 Å². The quantitative estimate of drug-likeness (QED) is 0.853. The molecule has 0 amide bonds. The molecule has 0 aliphatic carbocycles. The zero-order valence-corrected chi connectivity index (χ0v) is 11.4. The van der Waals surface area contributed by atoms with Crippen LogP contribution in [0.1, 0.15) is 5.82 Å². The van der Waals surface area contributed by atoms with Crippen molar-refractivity contribution >= 4 is 11.4 Å². The number of para-hydroxylation sites is 2. The largest absolute Gasteiger partial charge is 0.397 e. The molecule has 1 aliphatic heterocycles. The van der Waals surface area contributed by atoms with Crippen molar-refractivity contribution < 1.29 is 0 Å². The SMILES string of the molecule is Nc1ccccc1N1CCN(Cc2ncccn2)CC1. The molecule has 5 nitrogen and oxygen atoms in total. The van der Waals surface area contributed by atoms with Gasteiger partial charge in [-0.1, -0.05) is 12.1 Å². The summed E-state index contributed by atoms with van der Waals surface area (Å²) in [4.78, 5) is 13.3. The number of aromatic nitrogens is 2. The monoisotopic (exact) mass is 269 g/mol. The van der Waals surface area contributed by atoms with Crippen LogP contribution in [-0.4, -0.2) is 41.0 Å². The summed E-state index contributed by atoms with van der Waals surface area (Å²) in [5.41, 5.74) is 8.03. The third kappa shape index (κ3) is 2.88. The molecule has 20 heavy (non-hydrogen) atoms. The molecule has 2 heterocycles. The second-order valence-electron chi connectivity index (χ2n) is 4.99. The molecule has 1 saturated heterocycles. The molecule has 0 unspecified atom stereocenters. The Labute approximate surface area is 119 Å². The molecule has 104 valence electrons. The molecule has 0 saturated carbocycles. The van der Waals surface area contributed by atoms with Crippen LogP contribution in [0.5, 0.6) is 0 Å². The van der Waals surface area contributed by atoms with Crippen molar-refractivity contribution in [2.24, 2.45) is 0 Å². The van der Waals surface area contributed by atoms with E-state index in [0.717, 1.165) is 49.9 Å². The second-order valence-corrected chi connectivity index (χ2v) is 4.99. The number of nitrogens with zero attached hydrogens (tertiary/aromatic N) is 4. The van der Waals surface area contributed by atoms with Crippen LogP contribution in [-0.2, 0) is 6.54 Å². The van der Waals surface area contributed by atoms with Gasteiger partial charge >= 0.3 is 0 Å². The lowest BCUT2D eigenvalue weighted by atomic mass is 10.2. The minimum atomic E-state index is 0.818. The minimum absolute atomic E-state index is 0.818. The molecule has 0 atom stereocenters. The Bertz CT molecular complexity index is 549. The number of benzene rings is 1. The fourth-order valence-electron chi connectivity index (χ4n) is 2.53. The number of piperazine rings is 1. The first kappa shape index (κ1) is 12.9. The topological polar surface area (TPSA) is 58.3 Å². The van der Waals surface area contributed by atoms with Crippen molar-refractivity contribution in [2.75, 3.05) is 36.8 Å². The normalized spacial score (nSPS) is 16.3. The number of anilines is 2. The highest BCUT2D eigenvalue weighted by Crippen LogP contribution is 2.23. The molecular formula is C15H19N5. The maximum absolute atomic E-state index is 6.03. The fraction of sp³-hybridized carbons (Fsp3) is 0.333. The Morgan fingerprint density at radius 1 is 0.950 bits per heavy atom. The summed E-state index contributed by atoms with van der Waals surface area (Å²) in [5.74, 6) is 0.889. The molecule has 2 N–H and O–H groups in total. The molecule has 5 heteroatoms. The van der Waals surface area contributed by atoms with Gasteiger partial charge in [0.2, 0.25) is 0 Å². The van der Waals surface area contributed by atoms with Crippen LogP contribution >= 0.6 is 0 Å². The van der Waals surface area contributed by atoms with Gasteiger partial charge in [0.15, 0.2) is 0 Å². The van der Waals surface area contributed by atoms with Crippen LogP contribution in [0.2, 0.25) is 0 Å². The van der Waals surface area contributed by atoms with E-state index in [4.69, 9.17) is 5.73 Å². The molecule has 1 aliphatic rings. The maximum atomic E-state index is 6.03. The van der Waals surface area contributed by atoms with E-state index in [1.165, 1.54) is 0 Å². The number of nitrogens with two attached hydrogens (primary N) is 1. The molecule has 1 fully saturated rings. The highest BCUT2D eigenvalue weighted by molar-refractivity contribution is 5.67. The van der Waals surface area contributed by atoms with E-state index in [1.54, 1.807) is 12.4 Å². The highest BCUT2D eigenvalue weighted by atomic mass is 15.3. The van der Waals surface area contributed by atoms with Gasteiger partial charge in [0.05, 0.1) is 17.9 Å². The lowest BCUT2D eigenvalue weighted by molar-refractivity contribution is 0.244. The Morgan fingerprint density at radius 2 is 1.65 bits per heavy atom. The van der Waals surface area contributed by atoms with Crippen LogP contribution in [0.3, 0.4) is 0 Å². The van der Waals surface area contributed by atoms with Crippen LogP contribution in [0.4, 0.5) is 11.4 Å². The molecule has 0 bridgehead atoms. The van der Waals surface area contributed by atoms with Crippen molar-refractivity contribution in [1.29, 1.82) is 0 Å². The summed E-state index contributed by atoms with van der Waals surface area (Å²) in [6, 6.07) is 9.90. The number of hydrogen-bond acceptors (Lipinski definition) is 5. The molecule has 0 radical (unpaired) electrons. The molecule has 1 aromatic carbocycles. The standard InChI is InChI=1S/C15H19N5/c16-13-4-1-2-5-14(13)20-10-8-19(9-11-20)12-15-17-6-3-7-18-15/h1-7H,8-12,16H2. The second kappa shape index (κ2) is 5.88. The van der Waals surface area contributed by atoms with Crippen molar-refractivity contribution in [3.8, 4) is 0 Å². The molecule has 3 rings (SSSR count). The van der Waals surface area contributed by atoms with E-state index in [0.29, 0.717) is 0 Å². The lowest BCUT2D eigenvalue weighted by Crippen LogP contribution is -2.46. The van der Waals surface area contributed by atoms with Gasteiger partial charge < -0.3 is 10.6 Å². The summed E-state index contributed by atoms with van der Waals surface area (Å²) >= 11 is 0. The third-order valence-electron chi connectivity index (χ3n) is 3.63. The van der Waals surface area contributed by atoms with Gasteiger partial charge in [-0.3, -0.25) is 4.90 Å². The first-order valence-corrected chi connectivity index (χ1v) is 6.90. The molecular weight excluding hydrogens is 250 g/mol. The fourth-order valence-corrected chi connectivity index (χ4v) is 2.53. The predicted octanol–water partition coefficient (Wildman–Crippen LogP) is 1.38. The maximum Gasteiger partial charge on any atom is 0.142 e. The number of hydrogen-bond donors (Lipinski definition) is 1. The van der Waals surface area contributed by atoms with Crippen molar-refractivity contribution in [1.82, 2.24) is 14.9 Å². The van der Waals surface area contributed by atoms with E-state index in [1.807, 2.05) is 24.3 Å². The van der Waals surface area contributed by atoms with E-state index in [9.17, 15) is 0 Å². The third-order valence-corrected chi connectivity index (χ3v) is 3.63. The summed E-state index contributed by atoms with van der Waals surface area (Å²) in [5, 5.41) is 0. The van der Waals surface area contributed by atoms with Crippen LogP contribution < -0.4 is 10.6 Å². The Hall–Kier alpha value is -2.14. The lowest BCUT2D eigenvalue weighted by Gasteiger charge is -2.36. The van der Waals surface area contributed by atoms with E-state index in [2.05, 4.69) is 25.8 Å². The Kier molecular flexibility index (Phi) is 3.78. The van der Waals surface area contributed by atoms with Crippen LogP contribution in [0, 0.1) is 0 Å². The molecule has 1 aromatic heterocycles. The van der Waals surface area contributed by atoms with Gasteiger partial charge in [0.25, 0.3) is 0 Å². The average Bonchev–Trinajstić information content (AvgIpc) is 2.50. The van der Waals surface area contributed by atoms with Gasteiger partial charge in [0.1, 0.15) is 5.82 Å². The summed E-state index contributed by atoms with van der Waals surface area (Å²) in [6.45, 7) is 4.81. The van der Waals surface area contributed by atoms with Crippen LogP contribution in [0.25, 0.3) is 0 Å². The van der Waals surface area contributed by atoms with Gasteiger partial charge in [-0.25, -0.2) is 9.97 Å². The van der Waals surface area contributed by atoms with Gasteiger partial charge in [-0.05, 0) is 18.2 Å². The van der Waals surface area contributed by atoms with E-state index in [-0.39, 0.29) is 0 Å². The van der Waals surface area contributed by atoms with Gasteiger partial charge in [-0.2, -0.15) is 0 Å². The summed E-state index contributed by atoms with van der Waals surface area (Å²) in [7, 11) is 0. The first-order valence-electron chi connectivity index (χ1n) is 6.90. The minimum Gasteiger partial charge on any atom is -0.397 e. The van der Waals surface area contributed by atoms with Gasteiger partial charge in [-0.15, -0.1) is 0 Å². The molecule has 0 spiro atoms.